The van der Waals surface area contributed by atoms with Crippen LogP contribution in [0.2, 0.25) is 0 Å². The Balaban J connectivity index is 1.19. The Bertz CT molecular complexity index is 1610. The average Bonchev–Trinajstić information content (AvgIpc) is 3.14. The van der Waals surface area contributed by atoms with Gasteiger partial charge in [-0.2, -0.15) is 0 Å². The van der Waals surface area contributed by atoms with E-state index in [2.05, 4.69) is 28.3 Å². The van der Waals surface area contributed by atoms with Crippen LogP contribution in [0.3, 0.4) is 0 Å². The van der Waals surface area contributed by atoms with Gasteiger partial charge in [-0.25, -0.2) is 9.97 Å². The number of hydrogen-bond acceptors (Lipinski definition) is 6. The van der Waals surface area contributed by atoms with Crippen LogP contribution in [0, 0.1) is 23.7 Å². The summed E-state index contributed by atoms with van der Waals surface area (Å²) in [7, 11) is 1.58. The van der Waals surface area contributed by atoms with Gasteiger partial charge in [0.15, 0.2) is 5.82 Å². The molecule has 0 bridgehead atoms. The second-order valence-corrected chi connectivity index (χ2v) is 14.3. The van der Waals surface area contributed by atoms with Crippen LogP contribution in [-0.2, 0) is 27.3 Å². The van der Waals surface area contributed by atoms with Gasteiger partial charge in [-0.1, -0.05) is 82.5 Å². The van der Waals surface area contributed by atoms with Crippen LogP contribution >= 0.6 is 0 Å². The molecule has 1 aromatic heterocycles. The van der Waals surface area contributed by atoms with Crippen molar-refractivity contribution in [2.45, 2.75) is 91.1 Å². The smallest absolute Gasteiger partial charge is 0.323 e. The van der Waals surface area contributed by atoms with E-state index in [4.69, 9.17) is 4.74 Å². The number of carbonyl (C=O) groups is 3. The van der Waals surface area contributed by atoms with Crippen LogP contribution in [0.4, 0.5) is 0 Å². The number of allylic oxidation sites excluding steroid dienone is 2. The van der Waals surface area contributed by atoms with E-state index < -0.39 is 24.5 Å². The first kappa shape index (κ1) is 36.7. The van der Waals surface area contributed by atoms with Crippen LogP contribution in [0.5, 0.6) is 5.75 Å². The molecule has 1 saturated carbocycles. The van der Waals surface area contributed by atoms with Crippen molar-refractivity contribution in [3.8, 4) is 17.1 Å². The summed E-state index contributed by atoms with van der Waals surface area (Å²) in [5.41, 5.74) is 4.79. The molecule has 3 aromatic rings. The van der Waals surface area contributed by atoms with Gasteiger partial charge in [0.1, 0.15) is 18.3 Å². The third kappa shape index (κ3) is 9.79. The van der Waals surface area contributed by atoms with E-state index in [1.807, 2.05) is 50.5 Å². The number of aliphatic carboxylic acids is 1. The lowest BCUT2D eigenvalue weighted by Gasteiger charge is -2.35. The van der Waals surface area contributed by atoms with Crippen molar-refractivity contribution in [1.29, 1.82) is 0 Å². The molecule has 1 heterocycles. The lowest BCUT2D eigenvalue weighted by Crippen LogP contribution is -2.52. The minimum atomic E-state index is -1.13. The predicted molar refractivity (Wildman–Crippen MR) is 195 cm³/mol. The number of aromatic nitrogens is 2. The first-order valence-electron chi connectivity index (χ1n) is 18.2. The Morgan fingerprint density at radius 1 is 0.900 bits per heavy atom. The number of methoxy groups -OCH3 is 1. The van der Waals surface area contributed by atoms with Crippen molar-refractivity contribution in [3.05, 3.63) is 83.7 Å². The molecule has 266 valence electrons. The fourth-order valence-electron chi connectivity index (χ4n) is 7.47. The molecule has 2 aromatic carbocycles. The Labute approximate surface area is 296 Å². The molecule has 2 aliphatic rings. The molecule has 0 aliphatic heterocycles. The van der Waals surface area contributed by atoms with Crippen molar-refractivity contribution in [2.24, 2.45) is 23.7 Å². The van der Waals surface area contributed by atoms with E-state index in [0.29, 0.717) is 11.6 Å². The second kappa shape index (κ2) is 17.4. The maximum absolute atomic E-state index is 13.7. The predicted octanol–water partition coefficient (Wildman–Crippen LogP) is 7.35. The molecule has 0 spiro atoms. The summed E-state index contributed by atoms with van der Waals surface area (Å²) in [6, 6.07) is 13.8. The molecule has 5 rings (SSSR count). The number of nitrogens with one attached hydrogen (secondary N) is 1. The molecule has 0 radical (unpaired) electrons. The zero-order valence-electron chi connectivity index (χ0n) is 29.9. The number of hydrogen-bond donors (Lipinski definition) is 2. The Kier molecular flexibility index (Phi) is 12.8. The summed E-state index contributed by atoms with van der Waals surface area (Å²) in [5, 5.41) is 12.5. The zero-order valence-corrected chi connectivity index (χ0v) is 29.9. The topological polar surface area (TPSA) is 122 Å². The van der Waals surface area contributed by atoms with Crippen molar-refractivity contribution in [3.63, 3.8) is 0 Å². The van der Waals surface area contributed by atoms with Crippen molar-refractivity contribution in [2.75, 3.05) is 13.7 Å². The number of nitrogens with zero attached hydrogens (tertiary/aromatic N) is 3. The van der Waals surface area contributed by atoms with Crippen LogP contribution in [0.15, 0.2) is 67.0 Å². The van der Waals surface area contributed by atoms with E-state index >= 15 is 0 Å². The SMILES string of the molecule is CCC1CCC(C2CC=C(c3cnc(-c4ccc(CN(CC(=O)O)C(=O)[C@@H](NC(=O)Cc5ccc(OC)cc5)C(C)C)cc4)nc3)CC2)CC1. The van der Waals surface area contributed by atoms with Crippen LogP contribution in [0.25, 0.3) is 17.0 Å². The van der Waals surface area contributed by atoms with E-state index in [-0.39, 0.29) is 24.8 Å². The lowest BCUT2D eigenvalue weighted by molar-refractivity contribution is -0.147. The van der Waals surface area contributed by atoms with Gasteiger partial charge in [-0.3, -0.25) is 14.4 Å². The standard InChI is InChI=1S/C41H52N4O5/c1-5-28-6-12-31(13-7-28)32-16-18-33(19-17-32)35-23-42-40(43-24-35)34-14-8-30(9-15-34)25-45(26-38(47)48)41(49)39(27(2)3)44-37(46)22-29-10-20-36(50-4)21-11-29/h8-11,14-15,18,20-21,23-24,27-28,31-32,39H,5-7,12-13,16-17,19,22,25-26H2,1-4H3,(H,44,46)(H,47,48)/t28?,31?,32?,39-/m0/s1. The van der Waals surface area contributed by atoms with E-state index in [0.717, 1.165) is 52.8 Å². The highest BCUT2D eigenvalue weighted by molar-refractivity contribution is 5.90. The first-order valence-corrected chi connectivity index (χ1v) is 18.2. The molecule has 2 amide bonds. The Hall–Kier alpha value is -4.53. The summed E-state index contributed by atoms with van der Waals surface area (Å²) < 4.78 is 5.18. The largest absolute Gasteiger partial charge is 0.497 e. The highest BCUT2D eigenvalue weighted by Gasteiger charge is 2.31. The maximum Gasteiger partial charge on any atom is 0.323 e. The third-order valence-electron chi connectivity index (χ3n) is 10.6. The van der Waals surface area contributed by atoms with Gasteiger partial charge in [-0.15, -0.1) is 0 Å². The highest BCUT2D eigenvalue weighted by Crippen LogP contribution is 2.41. The molecule has 50 heavy (non-hydrogen) atoms. The van der Waals surface area contributed by atoms with E-state index in [1.165, 1.54) is 49.0 Å². The van der Waals surface area contributed by atoms with Gasteiger partial charge in [0, 0.05) is 30.1 Å². The quantitative estimate of drug-likeness (QED) is 0.183. The fraction of sp³-hybridized carbons (Fsp3) is 0.488. The Morgan fingerprint density at radius 3 is 2.12 bits per heavy atom. The lowest BCUT2D eigenvalue weighted by atomic mass is 9.71. The molecule has 2 aliphatic carbocycles. The van der Waals surface area contributed by atoms with Crippen molar-refractivity contribution >= 4 is 23.4 Å². The number of ether oxygens (including phenoxy) is 1. The molecular weight excluding hydrogens is 628 g/mol. The fourth-order valence-corrected chi connectivity index (χ4v) is 7.47. The van der Waals surface area contributed by atoms with Crippen LogP contribution in [-0.4, -0.2) is 57.5 Å². The van der Waals surface area contributed by atoms with Crippen molar-refractivity contribution in [1.82, 2.24) is 20.2 Å². The third-order valence-corrected chi connectivity index (χ3v) is 10.6. The molecular formula is C41H52N4O5. The minimum Gasteiger partial charge on any atom is -0.497 e. The highest BCUT2D eigenvalue weighted by atomic mass is 16.5. The van der Waals surface area contributed by atoms with Gasteiger partial charge in [0.05, 0.1) is 13.5 Å². The number of carbonyl (C=O) groups excluding carboxylic acids is 2. The Morgan fingerprint density at radius 2 is 1.56 bits per heavy atom. The first-order chi connectivity index (χ1) is 24.1. The van der Waals surface area contributed by atoms with Gasteiger partial charge in [0.25, 0.3) is 0 Å². The maximum atomic E-state index is 13.7. The molecule has 2 atom stereocenters. The number of benzene rings is 2. The summed E-state index contributed by atoms with van der Waals surface area (Å²) >= 11 is 0. The van der Waals surface area contributed by atoms with Crippen molar-refractivity contribution < 1.29 is 24.2 Å². The van der Waals surface area contributed by atoms with E-state index in [1.54, 1.807) is 31.4 Å². The van der Waals surface area contributed by atoms with Gasteiger partial charge < -0.3 is 20.1 Å². The van der Waals surface area contributed by atoms with Gasteiger partial charge in [0.2, 0.25) is 11.8 Å². The van der Waals surface area contributed by atoms with Crippen LogP contribution in [0.1, 0.15) is 88.8 Å². The van der Waals surface area contributed by atoms with Gasteiger partial charge in [-0.05, 0) is 84.6 Å². The molecule has 9 heteroatoms. The monoisotopic (exact) mass is 680 g/mol. The zero-order chi connectivity index (χ0) is 35.6. The second-order valence-electron chi connectivity index (χ2n) is 14.3. The number of rotatable bonds is 14. The van der Waals surface area contributed by atoms with Gasteiger partial charge >= 0.3 is 5.97 Å². The molecule has 9 nitrogen and oxygen atoms in total. The molecule has 0 saturated heterocycles. The molecule has 1 unspecified atom stereocenters. The molecule has 2 N–H and O–H groups in total. The summed E-state index contributed by atoms with van der Waals surface area (Å²) in [6.45, 7) is 5.58. The number of amides is 2. The van der Waals surface area contributed by atoms with E-state index in [9.17, 15) is 19.5 Å². The number of carboxylic acids is 1. The number of carboxylic acid groups (broad SMARTS) is 1. The minimum absolute atomic E-state index is 0.0813. The summed E-state index contributed by atoms with van der Waals surface area (Å²) in [5.74, 6) is 1.77. The summed E-state index contributed by atoms with van der Waals surface area (Å²) in [4.78, 5) is 49.0. The normalized spacial score (nSPS) is 19.7. The summed E-state index contributed by atoms with van der Waals surface area (Å²) in [6.07, 6.45) is 16.7. The average molecular weight is 681 g/mol. The molecule has 1 fully saturated rings. The van der Waals surface area contributed by atoms with Crippen LogP contribution < -0.4 is 10.1 Å².